The van der Waals surface area contributed by atoms with Gasteiger partial charge in [-0.05, 0) is 56.4 Å². The zero-order chi connectivity index (χ0) is 23.0. The first-order chi connectivity index (χ1) is 15.9. The monoisotopic (exact) mass is 451 g/mol. The van der Waals surface area contributed by atoms with Crippen LogP contribution in [0.1, 0.15) is 87.9 Å². The summed E-state index contributed by atoms with van der Waals surface area (Å²) in [6.45, 7) is 4.88. The maximum atomic E-state index is 12.3. The van der Waals surface area contributed by atoms with Gasteiger partial charge >= 0.3 is 0 Å². The van der Waals surface area contributed by atoms with Crippen molar-refractivity contribution in [3.63, 3.8) is 0 Å². The Morgan fingerprint density at radius 3 is 2.58 bits per heavy atom. The number of hydrogen-bond donors (Lipinski definition) is 3. The van der Waals surface area contributed by atoms with E-state index >= 15 is 0 Å². The van der Waals surface area contributed by atoms with E-state index < -0.39 is 6.04 Å². The van der Waals surface area contributed by atoms with E-state index in [4.69, 9.17) is 15.2 Å². The van der Waals surface area contributed by atoms with E-state index in [1.807, 2.05) is 13.8 Å². The quantitative estimate of drug-likeness (QED) is 0.540. The van der Waals surface area contributed by atoms with Crippen LogP contribution in [-0.2, 0) is 10.2 Å². The molecule has 3 aliphatic rings. The van der Waals surface area contributed by atoms with Crippen LogP contribution in [0.2, 0.25) is 0 Å². The van der Waals surface area contributed by atoms with Crippen LogP contribution in [-0.4, -0.2) is 40.7 Å². The Hall–Kier alpha value is -2.25. The summed E-state index contributed by atoms with van der Waals surface area (Å²) in [5.74, 6) is 2.67. The molecular weight excluding hydrogens is 414 g/mol. The minimum Gasteiger partial charge on any atom is -0.352 e. The number of nitrogens with one attached hydrogen (secondary N) is 2. The fraction of sp³-hybridized carbons (Fsp3) is 0.654. The number of nitrogens with zero attached hydrogens (tertiary/aromatic N) is 2. The molecule has 7 nitrogen and oxygen atoms in total. The summed E-state index contributed by atoms with van der Waals surface area (Å²) in [5, 5.41) is 11.3. The lowest BCUT2D eigenvalue weighted by atomic mass is 9.85. The lowest BCUT2D eigenvalue weighted by Gasteiger charge is -2.28. The Morgan fingerprint density at radius 1 is 1.18 bits per heavy atom. The Morgan fingerprint density at radius 2 is 1.91 bits per heavy atom. The van der Waals surface area contributed by atoms with Crippen LogP contribution in [0.3, 0.4) is 0 Å². The van der Waals surface area contributed by atoms with Crippen molar-refractivity contribution in [2.75, 3.05) is 6.54 Å². The van der Waals surface area contributed by atoms with Crippen molar-refractivity contribution < 1.29 is 9.32 Å². The summed E-state index contributed by atoms with van der Waals surface area (Å²) in [4.78, 5) is 17.1. The summed E-state index contributed by atoms with van der Waals surface area (Å²) in [6.07, 6.45) is 7.21. The molecule has 1 aromatic heterocycles. The van der Waals surface area contributed by atoms with Crippen LogP contribution in [0.25, 0.3) is 0 Å². The average molecular weight is 452 g/mol. The Balaban J connectivity index is 1.10. The molecule has 1 aromatic carbocycles. The van der Waals surface area contributed by atoms with E-state index in [1.54, 1.807) is 0 Å². The number of carbonyl (C=O) groups excluding carboxylic acids is 1. The fourth-order valence-corrected chi connectivity index (χ4v) is 5.15. The summed E-state index contributed by atoms with van der Waals surface area (Å²) in [5.41, 5.74) is 7.45. The van der Waals surface area contributed by atoms with Gasteiger partial charge in [0.25, 0.3) is 0 Å². The van der Waals surface area contributed by atoms with E-state index in [2.05, 4.69) is 46.1 Å². The molecule has 3 atom stereocenters. The molecular formula is C26H37N5O2. The fourth-order valence-electron chi connectivity index (χ4n) is 5.15. The van der Waals surface area contributed by atoms with E-state index in [0.29, 0.717) is 12.0 Å². The lowest BCUT2D eigenvalue weighted by molar-refractivity contribution is -0.124. The van der Waals surface area contributed by atoms with Crippen LogP contribution < -0.4 is 16.4 Å². The minimum absolute atomic E-state index is 0.0399. The summed E-state index contributed by atoms with van der Waals surface area (Å²) >= 11 is 0. The van der Waals surface area contributed by atoms with Crippen molar-refractivity contribution in [3.05, 3.63) is 47.6 Å². The van der Waals surface area contributed by atoms with Gasteiger partial charge in [-0.15, -0.1) is 0 Å². The van der Waals surface area contributed by atoms with Gasteiger partial charge in [0.1, 0.15) is 0 Å². The molecule has 5 rings (SSSR count). The maximum Gasteiger partial charge on any atom is 0.237 e. The molecule has 1 amide bonds. The molecule has 4 N–H and O–H groups in total. The number of amides is 1. The normalized spacial score (nSPS) is 29.0. The largest absolute Gasteiger partial charge is 0.352 e. The van der Waals surface area contributed by atoms with Gasteiger partial charge in [0.05, 0.1) is 6.04 Å². The number of nitrogens with two attached hydrogens (primary N) is 1. The highest BCUT2D eigenvalue weighted by molar-refractivity contribution is 5.82. The average Bonchev–Trinajstić information content (AvgIpc) is 3.74. The summed E-state index contributed by atoms with van der Waals surface area (Å²) in [7, 11) is 0. The Bertz CT molecular complexity index is 947. The summed E-state index contributed by atoms with van der Waals surface area (Å²) in [6, 6.07) is 11.1. The smallest absolute Gasteiger partial charge is 0.237 e. The van der Waals surface area contributed by atoms with Crippen molar-refractivity contribution >= 4 is 5.91 Å². The van der Waals surface area contributed by atoms with E-state index in [0.717, 1.165) is 56.8 Å². The molecule has 3 saturated carbocycles. The molecule has 3 fully saturated rings. The van der Waals surface area contributed by atoms with Gasteiger partial charge < -0.3 is 20.9 Å². The molecule has 2 aromatic rings. The first-order valence-electron chi connectivity index (χ1n) is 12.6. The topological polar surface area (TPSA) is 106 Å². The number of aromatic nitrogens is 2. The maximum absolute atomic E-state index is 12.3. The highest BCUT2D eigenvalue weighted by atomic mass is 16.5. The molecule has 0 aliphatic heterocycles. The zero-order valence-electron chi connectivity index (χ0n) is 19.8. The van der Waals surface area contributed by atoms with Crippen LogP contribution in [0.15, 0.2) is 34.9 Å². The number of hydrogen-bond acceptors (Lipinski definition) is 6. The zero-order valence-corrected chi connectivity index (χ0v) is 19.8. The van der Waals surface area contributed by atoms with E-state index in [-0.39, 0.29) is 29.2 Å². The lowest BCUT2D eigenvalue weighted by Crippen LogP contribution is -2.48. The molecule has 33 heavy (non-hydrogen) atoms. The highest BCUT2D eigenvalue weighted by Crippen LogP contribution is 2.48. The minimum atomic E-state index is -0.442. The Kier molecular flexibility index (Phi) is 6.27. The molecule has 178 valence electrons. The second-order valence-corrected chi connectivity index (χ2v) is 10.8. The molecule has 0 saturated heterocycles. The number of rotatable bonds is 9. The predicted molar refractivity (Wildman–Crippen MR) is 127 cm³/mol. The van der Waals surface area contributed by atoms with Gasteiger partial charge in [0, 0.05) is 35.9 Å². The van der Waals surface area contributed by atoms with E-state index in [1.165, 1.54) is 12.0 Å². The SMILES string of the molecule is CC(C)[C@H](N)C(=O)N[C@H]1CC[C@H](c2nc(C3(CN[C@@H]4C[C@H]4c4ccccc4)CC3)no2)CC1. The number of benzene rings is 1. The molecule has 0 spiro atoms. The molecule has 0 unspecified atom stereocenters. The Labute approximate surface area is 196 Å². The van der Waals surface area contributed by atoms with Crippen LogP contribution >= 0.6 is 0 Å². The summed E-state index contributed by atoms with van der Waals surface area (Å²) < 4.78 is 5.73. The highest BCUT2D eigenvalue weighted by Gasteiger charge is 2.50. The molecule has 3 aliphatic carbocycles. The third-order valence-electron chi connectivity index (χ3n) is 7.93. The van der Waals surface area contributed by atoms with Crippen molar-refractivity contribution in [2.45, 2.75) is 94.2 Å². The molecule has 0 radical (unpaired) electrons. The van der Waals surface area contributed by atoms with Crippen molar-refractivity contribution in [3.8, 4) is 0 Å². The second kappa shape index (κ2) is 9.18. The second-order valence-electron chi connectivity index (χ2n) is 10.8. The third kappa shape index (κ3) is 4.99. The van der Waals surface area contributed by atoms with Gasteiger partial charge in [-0.1, -0.05) is 49.3 Å². The number of carbonyl (C=O) groups is 1. The van der Waals surface area contributed by atoms with Crippen molar-refractivity contribution in [1.29, 1.82) is 0 Å². The molecule has 1 heterocycles. The van der Waals surface area contributed by atoms with Gasteiger partial charge in [-0.3, -0.25) is 4.79 Å². The third-order valence-corrected chi connectivity index (χ3v) is 7.93. The standard InChI is InChI=1S/C26H37N5O2/c1-16(2)22(27)23(32)29-19-10-8-18(9-11-19)24-30-25(31-33-24)26(12-13-26)15-28-21-14-20(21)17-6-4-3-5-7-17/h3-7,16,18-22,28H,8-15,27H2,1-2H3,(H,29,32)/t18-,19-,20-,21+,22-/m0/s1. The predicted octanol–water partition coefficient (Wildman–Crippen LogP) is 3.37. The van der Waals surface area contributed by atoms with Gasteiger partial charge in [0.2, 0.25) is 11.8 Å². The van der Waals surface area contributed by atoms with Gasteiger partial charge in [0.15, 0.2) is 5.82 Å². The molecule has 0 bridgehead atoms. The van der Waals surface area contributed by atoms with Crippen LogP contribution in [0, 0.1) is 5.92 Å². The van der Waals surface area contributed by atoms with E-state index in [9.17, 15) is 4.79 Å². The van der Waals surface area contributed by atoms with Crippen LogP contribution in [0.4, 0.5) is 0 Å². The van der Waals surface area contributed by atoms with Crippen molar-refractivity contribution in [2.24, 2.45) is 11.7 Å². The molecule has 7 heteroatoms. The van der Waals surface area contributed by atoms with Crippen LogP contribution in [0.5, 0.6) is 0 Å². The first-order valence-corrected chi connectivity index (χ1v) is 12.6. The van der Waals surface area contributed by atoms with Gasteiger partial charge in [-0.25, -0.2) is 0 Å². The van der Waals surface area contributed by atoms with Crippen molar-refractivity contribution in [1.82, 2.24) is 20.8 Å². The van der Waals surface area contributed by atoms with Gasteiger partial charge in [-0.2, -0.15) is 4.98 Å². The first kappa shape index (κ1) is 22.5.